The Balaban J connectivity index is 0.00000441. The zero-order valence-corrected chi connectivity index (χ0v) is 14.3. The first kappa shape index (κ1) is 20.4. The fraction of sp³-hybridized carbons (Fsp3) is 0.500. The molecule has 1 aromatic rings. The summed E-state index contributed by atoms with van der Waals surface area (Å²) in [4.78, 5) is 23.5. The molecule has 0 aliphatic rings. The summed E-state index contributed by atoms with van der Waals surface area (Å²) < 4.78 is 0. The number of nitrogens with one attached hydrogen (secondary N) is 2. The molecular weight excluding hydrogens is 302 g/mol. The monoisotopic (exact) mass is 327 g/mol. The molecule has 1 atom stereocenters. The number of benzene rings is 1. The highest BCUT2D eigenvalue weighted by Crippen LogP contribution is 2.09. The van der Waals surface area contributed by atoms with Crippen LogP contribution in [0.3, 0.4) is 0 Å². The number of rotatable bonds is 7. The molecule has 2 amide bonds. The average molecular weight is 328 g/mol. The third-order valence-corrected chi connectivity index (χ3v) is 3.40. The number of carbonyl (C=O) groups is 2. The van der Waals surface area contributed by atoms with E-state index in [0.717, 1.165) is 12.0 Å². The molecule has 0 saturated heterocycles. The Morgan fingerprint density at radius 1 is 1.32 bits per heavy atom. The number of carbonyl (C=O) groups excluding carboxylic acids is 2. The largest absolute Gasteiger partial charge is 0.355 e. The van der Waals surface area contributed by atoms with Crippen LogP contribution in [0.4, 0.5) is 0 Å². The van der Waals surface area contributed by atoms with Crippen molar-refractivity contribution >= 4 is 24.2 Å². The summed E-state index contributed by atoms with van der Waals surface area (Å²) in [6.07, 6.45) is 2.19. The van der Waals surface area contributed by atoms with E-state index in [9.17, 15) is 9.59 Å². The molecule has 22 heavy (non-hydrogen) atoms. The van der Waals surface area contributed by atoms with Crippen molar-refractivity contribution in [1.29, 1.82) is 0 Å². The number of halogens is 1. The van der Waals surface area contributed by atoms with Crippen LogP contribution in [-0.4, -0.2) is 30.9 Å². The lowest BCUT2D eigenvalue weighted by atomic mass is 9.96. The molecule has 0 bridgehead atoms. The fourth-order valence-electron chi connectivity index (χ4n) is 2.17. The van der Waals surface area contributed by atoms with Gasteiger partial charge in [-0.05, 0) is 37.5 Å². The van der Waals surface area contributed by atoms with E-state index >= 15 is 0 Å². The lowest BCUT2D eigenvalue weighted by molar-refractivity contribution is -0.126. The normalized spacial score (nSPS) is 12.7. The van der Waals surface area contributed by atoms with Crippen LogP contribution in [0.25, 0.3) is 0 Å². The molecule has 124 valence electrons. The highest BCUT2D eigenvalue weighted by Gasteiger charge is 2.26. The van der Waals surface area contributed by atoms with Gasteiger partial charge in [-0.15, -0.1) is 12.4 Å². The van der Waals surface area contributed by atoms with Crippen LogP contribution in [0.1, 0.15) is 42.6 Å². The Morgan fingerprint density at radius 2 is 2.00 bits per heavy atom. The number of hydrogen-bond acceptors (Lipinski definition) is 3. The molecule has 6 heteroatoms. The maximum atomic E-state index is 12.0. The average Bonchev–Trinajstić information content (AvgIpc) is 2.46. The standard InChI is InChI=1S/C16H25N3O2.ClH/c1-4-9-16(2,17)15(21)19-10-8-12-6-5-7-13(11-12)14(20)18-3;/h5-7,11H,4,8-10,17H2,1-3H3,(H,18,20)(H,19,21);1H. The molecule has 0 fully saturated rings. The third-order valence-electron chi connectivity index (χ3n) is 3.40. The Kier molecular flexibility index (Phi) is 8.75. The second-order valence-electron chi connectivity index (χ2n) is 5.45. The van der Waals surface area contributed by atoms with Crippen LogP contribution in [-0.2, 0) is 11.2 Å². The first-order chi connectivity index (χ1) is 9.90. The van der Waals surface area contributed by atoms with Gasteiger partial charge in [0.05, 0.1) is 5.54 Å². The summed E-state index contributed by atoms with van der Waals surface area (Å²) in [6, 6.07) is 7.37. The van der Waals surface area contributed by atoms with Gasteiger partial charge in [-0.25, -0.2) is 0 Å². The molecular formula is C16H26ClN3O2. The predicted molar refractivity (Wildman–Crippen MR) is 91.3 cm³/mol. The summed E-state index contributed by atoms with van der Waals surface area (Å²) in [7, 11) is 1.60. The molecule has 1 rings (SSSR count). The van der Waals surface area contributed by atoms with Crippen molar-refractivity contribution in [3.05, 3.63) is 35.4 Å². The van der Waals surface area contributed by atoms with Crippen LogP contribution in [0, 0.1) is 0 Å². The van der Waals surface area contributed by atoms with Crippen molar-refractivity contribution in [2.24, 2.45) is 5.73 Å². The molecule has 0 heterocycles. The summed E-state index contributed by atoms with van der Waals surface area (Å²) in [5, 5.41) is 5.45. The third kappa shape index (κ3) is 6.03. The van der Waals surface area contributed by atoms with E-state index in [0.29, 0.717) is 24.9 Å². The van der Waals surface area contributed by atoms with E-state index < -0.39 is 5.54 Å². The molecule has 1 unspecified atom stereocenters. The van der Waals surface area contributed by atoms with Gasteiger partial charge >= 0.3 is 0 Å². The number of hydrogen-bond donors (Lipinski definition) is 3. The van der Waals surface area contributed by atoms with Gasteiger partial charge in [0, 0.05) is 19.2 Å². The van der Waals surface area contributed by atoms with Crippen LogP contribution in [0.5, 0.6) is 0 Å². The predicted octanol–water partition coefficient (Wildman–Crippen LogP) is 1.64. The highest BCUT2D eigenvalue weighted by atomic mass is 35.5. The minimum atomic E-state index is -0.821. The zero-order valence-electron chi connectivity index (χ0n) is 13.4. The van der Waals surface area contributed by atoms with Gasteiger partial charge in [0.2, 0.25) is 5.91 Å². The Labute approximate surface area is 138 Å². The van der Waals surface area contributed by atoms with Crippen molar-refractivity contribution < 1.29 is 9.59 Å². The summed E-state index contributed by atoms with van der Waals surface area (Å²) >= 11 is 0. The van der Waals surface area contributed by atoms with E-state index in [1.165, 1.54) is 0 Å². The van der Waals surface area contributed by atoms with Crippen molar-refractivity contribution in [2.75, 3.05) is 13.6 Å². The molecule has 0 spiro atoms. The molecule has 5 nitrogen and oxygen atoms in total. The molecule has 0 aromatic heterocycles. The summed E-state index contributed by atoms with van der Waals surface area (Å²) in [5.74, 6) is -0.245. The Hall–Kier alpha value is -1.59. The second kappa shape index (κ2) is 9.43. The Morgan fingerprint density at radius 3 is 2.59 bits per heavy atom. The first-order valence-electron chi connectivity index (χ1n) is 7.29. The van der Waals surface area contributed by atoms with E-state index in [1.807, 2.05) is 25.1 Å². The molecule has 0 aliphatic carbocycles. The minimum absolute atomic E-state index is 0. The zero-order chi connectivity index (χ0) is 15.9. The second-order valence-corrected chi connectivity index (χ2v) is 5.45. The van der Waals surface area contributed by atoms with Crippen LogP contribution < -0.4 is 16.4 Å². The van der Waals surface area contributed by atoms with Gasteiger partial charge in [-0.2, -0.15) is 0 Å². The Bertz CT molecular complexity index is 504. The van der Waals surface area contributed by atoms with Gasteiger partial charge in [-0.1, -0.05) is 25.5 Å². The molecule has 4 N–H and O–H groups in total. The van der Waals surface area contributed by atoms with Crippen LogP contribution >= 0.6 is 12.4 Å². The summed E-state index contributed by atoms with van der Waals surface area (Å²) in [6.45, 7) is 4.26. The first-order valence-corrected chi connectivity index (χ1v) is 7.29. The number of amides is 2. The lowest BCUT2D eigenvalue weighted by Crippen LogP contribution is -2.51. The summed E-state index contributed by atoms with van der Waals surface area (Å²) in [5.41, 5.74) is 6.77. The van der Waals surface area contributed by atoms with Gasteiger partial charge < -0.3 is 16.4 Å². The van der Waals surface area contributed by atoms with Crippen molar-refractivity contribution in [2.45, 2.75) is 38.6 Å². The topological polar surface area (TPSA) is 84.2 Å². The van der Waals surface area contributed by atoms with Crippen LogP contribution in [0.15, 0.2) is 24.3 Å². The van der Waals surface area contributed by atoms with E-state index in [2.05, 4.69) is 10.6 Å². The van der Waals surface area contributed by atoms with Crippen molar-refractivity contribution in [3.63, 3.8) is 0 Å². The molecule has 1 aromatic carbocycles. The van der Waals surface area contributed by atoms with Crippen LogP contribution in [0.2, 0.25) is 0 Å². The minimum Gasteiger partial charge on any atom is -0.355 e. The van der Waals surface area contributed by atoms with E-state index in [-0.39, 0.29) is 24.2 Å². The molecule has 0 radical (unpaired) electrons. The smallest absolute Gasteiger partial charge is 0.251 e. The van der Waals surface area contributed by atoms with Gasteiger partial charge in [0.15, 0.2) is 0 Å². The number of nitrogens with two attached hydrogens (primary N) is 1. The highest BCUT2D eigenvalue weighted by molar-refractivity contribution is 5.94. The maximum absolute atomic E-state index is 12.0. The van der Waals surface area contributed by atoms with Crippen molar-refractivity contribution in [1.82, 2.24) is 10.6 Å². The van der Waals surface area contributed by atoms with E-state index in [4.69, 9.17) is 5.73 Å². The fourth-order valence-corrected chi connectivity index (χ4v) is 2.17. The van der Waals surface area contributed by atoms with Crippen molar-refractivity contribution in [3.8, 4) is 0 Å². The molecule has 0 aliphatic heterocycles. The quantitative estimate of drug-likeness (QED) is 0.712. The SMILES string of the molecule is CCCC(C)(N)C(=O)NCCc1cccc(C(=O)NC)c1.Cl. The lowest BCUT2D eigenvalue weighted by Gasteiger charge is -2.22. The maximum Gasteiger partial charge on any atom is 0.251 e. The van der Waals surface area contributed by atoms with Gasteiger partial charge in [-0.3, -0.25) is 9.59 Å². The molecule has 0 saturated carbocycles. The van der Waals surface area contributed by atoms with E-state index in [1.54, 1.807) is 20.0 Å². The van der Waals surface area contributed by atoms with Gasteiger partial charge in [0.1, 0.15) is 0 Å². The van der Waals surface area contributed by atoms with Gasteiger partial charge in [0.25, 0.3) is 5.91 Å².